The van der Waals surface area contributed by atoms with Crippen molar-refractivity contribution < 1.29 is 4.79 Å². The van der Waals surface area contributed by atoms with Gasteiger partial charge < -0.3 is 4.90 Å². The van der Waals surface area contributed by atoms with Crippen LogP contribution in [0.15, 0.2) is 0 Å². The number of rotatable bonds is 4. The highest BCUT2D eigenvalue weighted by molar-refractivity contribution is 5.76. The lowest BCUT2D eigenvalue weighted by Gasteiger charge is -2.37. The predicted octanol–water partition coefficient (Wildman–Crippen LogP) is 0.212. The van der Waals surface area contributed by atoms with Gasteiger partial charge in [0.05, 0.1) is 6.54 Å². The number of piperazine rings is 1. The second-order valence-corrected chi connectivity index (χ2v) is 7.88. The molecule has 4 heterocycles. The minimum absolute atomic E-state index is 0.146. The lowest BCUT2D eigenvalue weighted by molar-refractivity contribution is -0.134. The molecule has 1 amide bonds. The van der Waals surface area contributed by atoms with Gasteiger partial charge in [-0.15, -0.1) is 5.10 Å². The predicted molar refractivity (Wildman–Crippen MR) is 92.7 cm³/mol. The normalized spacial score (nSPS) is 26.1. The van der Waals surface area contributed by atoms with E-state index in [1.54, 1.807) is 4.68 Å². The maximum absolute atomic E-state index is 12.7. The van der Waals surface area contributed by atoms with Gasteiger partial charge in [0.15, 0.2) is 5.82 Å². The van der Waals surface area contributed by atoms with Crippen LogP contribution >= 0.6 is 0 Å². The molecule has 1 aromatic rings. The van der Waals surface area contributed by atoms with Gasteiger partial charge in [0, 0.05) is 25.7 Å². The fourth-order valence-corrected chi connectivity index (χ4v) is 4.33. The smallest absolute Gasteiger partial charge is 0.244 e. The zero-order valence-electron chi connectivity index (χ0n) is 15.2. The van der Waals surface area contributed by atoms with E-state index >= 15 is 0 Å². The zero-order chi connectivity index (χ0) is 17.2. The van der Waals surface area contributed by atoms with Gasteiger partial charge in [-0.25, -0.2) is 4.68 Å². The van der Waals surface area contributed by atoms with Crippen LogP contribution in [0.25, 0.3) is 0 Å². The number of amides is 1. The van der Waals surface area contributed by atoms with Crippen LogP contribution in [0.4, 0.5) is 0 Å². The number of hydrogen-bond donors (Lipinski definition) is 0. The first kappa shape index (κ1) is 16.9. The summed E-state index contributed by atoms with van der Waals surface area (Å²) in [6.45, 7) is 9.38. The Morgan fingerprint density at radius 1 is 1.12 bits per heavy atom. The Morgan fingerprint density at radius 2 is 1.96 bits per heavy atom. The van der Waals surface area contributed by atoms with Crippen LogP contribution in [0.1, 0.15) is 38.4 Å². The highest BCUT2D eigenvalue weighted by Gasteiger charge is 2.32. The first-order chi connectivity index (χ1) is 12.2. The van der Waals surface area contributed by atoms with Gasteiger partial charge in [-0.05, 0) is 61.7 Å². The topological polar surface area (TPSA) is 70.4 Å². The molecule has 3 saturated heterocycles. The average Bonchev–Trinajstić information content (AvgIpc) is 3.25. The van der Waals surface area contributed by atoms with Gasteiger partial charge >= 0.3 is 0 Å². The van der Waals surface area contributed by atoms with E-state index in [1.807, 2.05) is 4.90 Å². The molecule has 25 heavy (non-hydrogen) atoms. The minimum Gasteiger partial charge on any atom is -0.338 e. The Kier molecular flexibility index (Phi) is 4.98. The van der Waals surface area contributed by atoms with Crippen LogP contribution in [0.5, 0.6) is 0 Å². The van der Waals surface area contributed by atoms with E-state index < -0.39 is 0 Å². The van der Waals surface area contributed by atoms with Crippen molar-refractivity contribution in [2.24, 2.45) is 5.92 Å². The summed E-state index contributed by atoms with van der Waals surface area (Å²) in [5, 5.41) is 12.0. The van der Waals surface area contributed by atoms with Crippen molar-refractivity contribution in [2.75, 3.05) is 39.3 Å². The largest absolute Gasteiger partial charge is 0.338 e. The van der Waals surface area contributed by atoms with Crippen molar-refractivity contribution in [2.45, 2.75) is 51.7 Å². The van der Waals surface area contributed by atoms with Crippen LogP contribution in [-0.2, 0) is 17.9 Å². The quantitative estimate of drug-likeness (QED) is 0.776. The van der Waals surface area contributed by atoms with Gasteiger partial charge in [-0.1, -0.05) is 6.92 Å². The summed E-state index contributed by atoms with van der Waals surface area (Å²) < 4.78 is 1.70. The second-order valence-electron chi connectivity index (χ2n) is 7.88. The Balaban J connectivity index is 1.33. The molecule has 1 aromatic heterocycles. The molecule has 0 aliphatic carbocycles. The van der Waals surface area contributed by atoms with Gasteiger partial charge in [0.1, 0.15) is 6.54 Å². The fourth-order valence-electron chi connectivity index (χ4n) is 4.33. The number of carbonyl (C=O) groups excluding carboxylic acids is 1. The number of hydrogen-bond acceptors (Lipinski definition) is 6. The summed E-state index contributed by atoms with van der Waals surface area (Å²) in [5.41, 5.74) is 0. The summed E-state index contributed by atoms with van der Waals surface area (Å²) in [7, 11) is 0. The second kappa shape index (κ2) is 7.37. The molecule has 0 spiro atoms. The lowest BCUT2D eigenvalue weighted by atomic mass is 9.99. The maximum Gasteiger partial charge on any atom is 0.244 e. The standard InChI is InChI=1S/C17H29N7O/c1-14-4-7-21(8-5-14)12-16-18-19-20-24(16)13-17(25)23-10-9-22-6-2-3-15(22)11-23/h14-15H,2-13H2,1H3. The van der Waals surface area contributed by atoms with Crippen molar-refractivity contribution in [3.63, 3.8) is 0 Å². The number of tetrazole rings is 1. The molecule has 0 N–H and O–H groups in total. The highest BCUT2D eigenvalue weighted by Crippen LogP contribution is 2.22. The first-order valence-electron chi connectivity index (χ1n) is 9.68. The van der Waals surface area contributed by atoms with Crippen LogP contribution in [0, 0.1) is 5.92 Å². The molecule has 3 aliphatic heterocycles. The third-order valence-corrected chi connectivity index (χ3v) is 6.07. The van der Waals surface area contributed by atoms with Crippen molar-refractivity contribution in [3.05, 3.63) is 5.82 Å². The number of piperidine rings is 1. The molecular weight excluding hydrogens is 318 g/mol. The van der Waals surface area contributed by atoms with E-state index in [0.29, 0.717) is 6.04 Å². The summed E-state index contributed by atoms with van der Waals surface area (Å²) in [4.78, 5) is 19.6. The van der Waals surface area contributed by atoms with Crippen LogP contribution in [-0.4, -0.2) is 86.1 Å². The molecule has 3 fully saturated rings. The van der Waals surface area contributed by atoms with Gasteiger partial charge in [0.2, 0.25) is 5.91 Å². The van der Waals surface area contributed by atoms with E-state index in [-0.39, 0.29) is 12.5 Å². The zero-order valence-corrected chi connectivity index (χ0v) is 15.2. The number of carbonyl (C=O) groups is 1. The van der Waals surface area contributed by atoms with Crippen LogP contribution in [0.2, 0.25) is 0 Å². The molecule has 1 unspecified atom stereocenters. The van der Waals surface area contributed by atoms with Crippen molar-refractivity contribution in [3.8, 4) is 0 Å². The monoisotopic (exact) mass is 347 g/mol. The molecule has 3 aliphatic rings. The molecule has 8 nitrogen and oxygen atoms in total. The number of fused-ring (bicyclic) bond motifs is 1. The lowest BCUT2D eigenvalue weighted by Crippen LogP contribution is -2.52. The van der Waals surface area contributed by atoms with E-state index in [1.165, 1.54) is 32.2 Å². The van der Waals surface area contributed by atoms with E-state index in [9.17, 15) is 4.79 Å². The van der Waals surface area contributed by atoms with Gasteiger partial charge in [-0.2, -0.15) is 0 Å². The van der Waals surface area contributed by atoms with Crippen molar-refractivity contribution in [1.82, 2.24) is 34.9 Å². The summed E-state index contributed by atoms with van der Waals surface area (Å²) in [5.74, 6) is 1.76. The molecule has 0 radical (unpaired) electrons. The Morgan fingerprint density at radius 3 is 2.80 bits per heavy atom. The summed E-state index contributed by atoms with van der Waals surface area (Å²) >= 11 is 0. The Labute approximate surface area is 149 Å². The van der Waals surface area contributed by atoms with E-state index in [2.05, 4.69) is 32.2 Å². The third kappa shape index (κ3) is 3.84. The minimum atomic E-state index is 0.146. The fraction of sp³-hybridized carbons (Fsp3) is 0.882. The highest BCUT2D eigenvalue weighted by atomic mass is 16.2. The molecular formula is C17H29N7O. The number of aromatic nitrogens is 4. The number of likely N-dealkylation sites (tertiary alicyclic amines) is 1. The average molecular weight is 347 g/mol. The Bertz CT molecular complexity index is 596. The van der Waals surface area contributed by atoms with Gasteiger partial charge in [0.25, 0.3) is 0 Å². The van der Waals surface area contributed by atoms with E-state index in [0.717, 1.165) is 51.0 Å². The molecule has 138 valence electrons. The van der Waals surface area contributed by atoms with Crippen molar-refractivity contribution >= 4 is 5.91 Å². The molecule has 0 saturated carbocycles. The first-order valence-corrected chi connectivity index (χ1v) is 9.68. The molecule has 0 aromatic carbocycles. The maximum atomic E-state index is 12.7. The summed E-state index contributed by atoms with van der Waals surface area (Å²) in [6, 6.07) is 0.557. The molecule has 1 atom stereocenters. The van der Waals surface area contributed by atoms with E-state index in [4.69, 9.17) is 0 Å². The molecule has 8 heteroatoms. The van der Waals surface area contributed by atoms with Crippen LogP contribution in [0.3, 0.4) is 0 Å². The third-order valence-electron chi connectivity index (χ3n) is 6.07. The summed E-state index contributed by atoms with van der Waals surface area (Å²) in [6.07, 6.45) is 4.93. The van der Waals surface area contributed by atoms with Crippen molar-refractivity contribution in [1.29, 1.82) is 0 Å². The molecule has 0 bridgehead atoms. The molecule has 4 rings (SSSR count). The van der Waals surface area contributed by atoms with Gasteiger partial charge in [-0.3, -0.25) is 14.6 Å². The number of nitrogens with zero attached hydrogens (tertiary/aromatic N) is 7. The SMILES string of the molecule is CC1CCN(Cc2nnnn2CC(=O)N2CCN3CCCC3C2)CC1. The Hall–Kier alpha value is -1.54. The van der Waals surface area contributed by atoms with Crippen LogP contribution < -0.4 is 0 Å².